The van der Waals surface area contributed by atoms with Crippen molar-refractivity contribution in [1.29, 1.82) is 0 Å². The van der Waals surface area contributed by atoms with Crippen LogP contribution in [0.3, 0.4) is 0 Å². The third-order valence-electron chi connectivity index (χ3n) is 3.81. The lowest BCUT2D eigenvalue weighted by atomic mass is 10.0. The SMILES string of the molecule is COc1cc(OC)c(CNCC2CCCOC2)c(OC)c1. The molecule has 0 radical (unpaired) electrons. The van der Waals surface area contributed by atoms with Gasteiger partial charge in [-0.15, -0.1) is 0 Å². The highest BCUT2D eigenvalue weighted by atomic mass is 16.5. The summed E-state index contributed by atoms with van der Waals surface area (Å²) in [6, 6.07) is 3.76. The third-order valence-corrected chi connectivity index (χ3v) is 3.81. The number of hydrogen-bond acceptors (Lipinski definition) is 5. The van der Waals surface area contributed by atoms with Crippen LogP contribution in [0.5, 0.6) is 17.2 Å². The topological polar surface area (TPSA) is 49.0 Å². The van der Waals surface area contributed by atoms with E-state index in [1.165, 1.54) is 6.42 Å². The summed E-state index contributed by atoms with van der Waals surface area (Å²) in [4.78, 5) is 0. The molecule has 0 amide bonds. The zero-order valence-corrected chi connectivity index (χ0v) is 13.1. The number of hydrogen-bond donors (Lipinski definition) is 1. The summed E-state index contributed by atoms with van der Waals surface area (Å²) in [5, 5.41) is 3.48. The van der Waals surface area contributed by atoms with Crippen molar-refractivity contribution in [2.24, 2.45) is 5.92 Å². The molecule has 5 nitrogen and oxygen atoms in total. The number of benzene rings is 1. The van der Waals surface area contributed by atoms with Crippen molar-refractivity contribution < 1.29 is 18.9 Å². The van der Waals surface area contributed by atoms with Crippen LogP contribution in [-0.4, -0.2) is 41.1 Å². The molecule has 1 aliphatic heterocycles. The van der Waals surface area contributed by atoms with Crippen LogP contribution in [0.4, 0.5) is 0 Å². The maximum Gasteiger partial charge on any atom is 0.130 e. The van der Waals surface area contributed by atoms with E-state index in [0.29, 0.717) is 12.5 Å². The van der Waals surface area contributed by atoms with Crippen molar-refractivity contribution >= 4 is 0 Å². The summed E-state index contributed by atoms with van der Waals surface area (Å²) >= 11 is 0. The highest BCUT2D eigenvalue weighted by molar-refractivity contribution is 5.50. The summed E-state index contributed by atoms with van der Waals surface area (Å²) in [5.74, 6) is 2.87. The first-order valence-electron chi connectivity index (χ1n) is 7.35. The normalized spacial score (nSPS) is 18.3. The zero-order valence-electron chi connectivity index (χ0n) is 13.1. The van der Waals surface area contributed by atoms with Gasteiger partial charge in [0.25, 0.3) is 0 Å². The predicted molar refractivity (Wildman–Crippen MR) is 81.3 cm³/mol. The van der Waals surface area contributed by atoms with E-state index in [4.69, 9.17) is 18.9 Å². The summed E-state index contributed by atoms with van der Waals surface area (Å²) in [7, 11) is 4.95. The minimum Gasteiger partial charge on any atom is -0.496 e. The van der Waals surface area contributed by atoms with E-state index in [-0.39, 0.29) is 0 Å². The van der Waals surface area contributed by atoms with Crippen LogP contribution in [0.15, 0.2) is 12.1 Å². The van der Waals surface area contributed by atoms with Gasteiger partial charge >= 0.3 is 0 Å². The Morgan fingerprint density at radius 1 is 1.14 bits per heavy atom. The number of rotatable bonds is 7. The largest absolute Gasteiger partial charge is 0.496 e. The van der Waals surface area contributed by atoms with Crippen LogP contribution in [0.1, 0.15) is 18.4 Å². The molecule has 1 fully saturated rings. The molecule has 1 aromatic rings. The molecule has 1 unspecified atom stereocenters. The van der Waals surface area contributed by atoms with Crippen molar-refractivity contribution in [3.63, 3.8) is 0 Å². The van der Waals surface area contributed by atoms with Gasteiger partial charge in [0.05, 0.1) is 33.5 Å². The van der Waals surface area contributed by atoms with Gasteiger partial charge in [-0.1, -0.05) is 0 Å². The monoisotopic (exact) mass is 295 g/mol. The van der Waals surface area contributed by atoms with Gasteiger partial charge in [-0.3, -0.25) is 0 Å². The third kappa shape index (κ3) is 4.25. The van der Waals surface area contributed by atoms with E-state index in [2.05, 4.69) is 5.32 Å². The first kappa shape index (κ1) is 15.9. The first-order chi connectivity index (χ1) is 10.3. The fourth-order valence-corrected chi connectivity index (χ4v) is 2.62. The zero-order chi connectivity index (χ0) is 15.1. The van der Waals surface area contributed by atoms with E-state index in [0.717, 1.165) is 49.0 Å². The Labute approximate surface area is 126 Å². The lowest BCUT2D eigenvalue weighted by Crippen LogP contribution is -2.29. The smallest absolute Gasteiger partial charge is 0.130 e. The van der Waals surface area contributed by atoms with Crippen LogP contribution in [0.25, 0.3) is 0 Å². The van der Waals surface area contributed by atoms with Gasteiger partial charge in [0.1, 0.15) is 17.2 Å². The molecule has 21 heavy (non-hydrogen) atoms. The predicted octanol–water partition coefficient (Wildman–Crippen LogP) is 2.23. The molecule has 1 N–H and O–H groups in total. The fourth-order valence-electron chi connectivity index (χ4n) is 2.62. The second-order valence-electron chi connectivity index (χ2n) is 5.22. The minimum absolute atomic E-state index is 0.592. The molecule has 118 valence electrons. The molecule has 0 aliphatic carbocycles. The van der Waals surface area contributed by atoms with Crippen LogP contribution >= 0.6 is 0 Å². The van der Waals surface area contributed by atoms with Crippen LogP contribution < -0.4 is 19.5 Å². The Morgan fingerprint density at radius 2 is 1.86 bits per heavy atom. The van der Waals surface area contributed by atoms with Gasteiger partial charge < -0.3 is 24.3 Å². The molecular formula is C16H25NO4. The Bertz CT molecular complexity index is 419. The molecule has 0 saturated carbocycles. The van der Waals surface area contributed by atoms with E-state index in [1.807, 2.05) is 12.1 Å². The second-order valence-corrected chi connectivity index (χ2v) is 5.22. The summed E-state index contributed by atoms with van der Waals surface area (Å²) in [5.41, 5.74) is 1.01. The first-order valence-corrected chi connectivity index (χ1v) is 7.35. The van der Waals surface area contributed by atoms with Crippen molar-refractivity contribution in [3.05, 3.63) is 17.7 Å². The molecule has 1 aromatic carbocycles. The van der Waals surface area contributed by atoms with Crippen molar-refractivity contribution in [2.75, 3.05) is 41.1 Å². The molecule has 0 spiro atoms. The van der Waals surface area contributed by atoms with E-state index >= 15 is 0 Å². The molecular weight excluding hydrogens is 270 g/mol. The Balaban J connectivity index is 2.00. The van der Waals surface area contributed by atoms with E-state index < -0.39 is 0 Å². The molecule has 2 rings (SSSR count). The van der Waals surface area contributed by atoms with Crippen molar-refractivity contribution in [1.82, 2.24) is 5.32 Å². The lowest BCUT2D eigenvalue weighted by molar-refractivity contribution is 0.0547. The summed E-state index contributed by atoms with van der Waals surface area (Å²) < 4.78 is 21.7. The minimum atomic E-state index is 0.592. The standard InChI is InChI=1S/C16H25NO4/c1-18-13-7-15(19-2)14(16(8-13)20-3)10-17-9-12-5-4-6-21-11-12/h7-8,12,17H,4-6,9-11H2,1-3H3. The van der Waals surface area contributed by atoms with Gasteiger partial charge in [0, 0.05) is 31.8 Å². The molecule has 1 heterocycles. The van der Waals surface area contributed by atoms with Crippen molar-refractivity contribution in [3.8, 4) is 17.2 Å². The Morgan fingerprint density at radius 3 is 2.38 bits per heavy atom. The number of nitrogens with one attached hydrogen (secondary N) is 1. The quantitative estimate of drug-likeness (QED) is 0.836. The van der Waals surface area contributed by atoms with Gasteiger partial charge in [0.15, 0.2) is 0 Å². The molecule has 1 aliphatic rings. The number of ether oxygens (including phenoxy) is 4. The van der Waals surface area contributed by atoms with Crippen LogP contribution in [0, 0.1) is 5.92 Å². The van der Waals surface area contributed by atoms with Gasteiger partial charge in [-0.25, -0.2) is 0 Å². The average Bonchev–Trinajstić information content (AvgIpc) is 2.55. The maximum absolute atomic E-state index is 5.50. The molecule has 1 atom stereocenters. The van der Waals surface area contributed by atoms with Crippen LogP contribution in [-0.2, 0) is 11.3 Å². The Kier molecular flexibility index (Phi) is 6.14. The Hall–Kier alpha value is -1.46. The summed E-state index contributed by atoms with van der Waals surface area (Å²) in [6.45, 7) is 3.39. The van der Waals surface area contributed by atoms with Gasteiger partial charge in [0.2, 0.25) is 0 Å². The summed E-state index contributed by atoms with van der Waals surface area (Å²) in [6.07, 6.45) is 2.38. The van der Waals surface area contributed by atoms with E-state index in [9.17, 15) is 0 Å². The maximum atomic E-state index is 5.50. The molecule has 0 bridgehead atoms. The molecule has 0 aromatic heterocycles. The second kappa shape index (κ2) is 8.10. The van der Waals surface area contributed by atoms with Gasteiger partial charge in [-0.05, 0) is 18.8 Å². The molecule has 5 heteroatoms. The average molecular weight is 295 g/mol. The highest BCUT2D eigenvalue weighted by Gasteiger charge is 2.16. The lowest BCUT2D eigenvalue weighted by Gasteiger charge is -2.23. The molecule has 1 saturated heterocycles. The fraction of sp³-hybridized carbons (Fsp3) is 0.625. The van der Waals surface area contributed by atoms with Crippen LogP contribution in [0.2, 0.25) is 0 Å². The van der Waals surface area contributed by atoms with E-state index in [1.54, 1.807) is 21.3 Å². The number of methoxy groups -OCH3 is 3. The highest BCUT2D eigenvalue weighted by Crippen LogP contribution is 2.33. The van der Waals surface area contributed by atoms with Gasteiger partial charge in [-0.2, -0.15) is 0 Å². The van der Waals surface area contributed by atoms with Crippen molar-refractivity contribution in [2.45, 2.75) is 19.4 Å².